The lowest BCUT2D eigenvalue weighted by molar-refractivity contribution is 0.0843. The zero-order valence-corrected chi connectivity index (χ0v) is 12.3. The average molecular weight is 300 g/mol. The largest absolute Gasteiger partial charge is 0.496 e. The predicted octanol–water partition coefficient (Wildman–Crippen LogP) is 1.78. The Morgan fingerprint density at radius 1 is 0.773 bits per heavy atom. The molecule has 2 amide bonds. The lowest BCUT2D eigenvalue weighted by atomic mass is 10.1. The van der Waals surface area contributed by atoms with E-state index in [2.05, 4.69) is 10.9 Å². The maximum absolute atomic E-state index is 12.3. The zero-order valence-electron chi connectivity index (χ0n) is 12.3. The zero-order chi connectivity index (χ0) is 15.9. The highest BCUT2D eigenvalue weighted by Gasteiger charge is 2.18. The van der Waals surface area contributed by atoms with Gasteiger partial charge in [-0.2, -0.15) is 0 Å². The number of carbonyl (C=O) groups is 2. The quantitative estimate of drug-likeness (QED) is 0.844. The van der Waals surface area contributed by atoms with Crippen molar-refractivity contribution in [3.8, 4) is 11.5 Å². The van der Waals surface area contributed by atoms with Crippen molar-refractivity contribution in [1.29, 1.82) is 0 Å². The van der Waals surface area contributed by atoms with Crippen LogP contribution in [0.5, 0.6) is 11.5 Å². The van der Waals surface area contributed by atoms with E-state index in [0.717, 1.165) is 0 Å². The Bertz CT molecular complexity index is 649. The fraction of sp³-hybridized carbons (Fsp3) is 0.125. The number of nitrogens with one attached hydrogen (secondary N) is 2. The normalized spacial score (nSPS) is 9.73. The Morgan fingerprint density at radius 2 is 1.32 bits per heavy atom. The second-order valence-electron chi connectivity index (χ2n) is 4.31. The van der Waals surface area contributed by atoms with Crippen LogP contribution in [0.15, 0.2) is 48.5 Å². The molecule has 2 aromatic rings. The summed E-state index contributed by atoms with van der Waals surface area (Å²) in [5, 5.41) is 0. The first-order chi connectivity index (χ1) is 10.7. The molecule has 2 aromatic carbocycles. The number of ether oxygens (including phenoxy) is 2. The second-order valence-corrected chi connectivity index (χ2v) is 4.31. The molecule has 22 heavy (non-hydrogen) atoms. The van der Waals surface area contributed by atoms with Gasteiger partial charge in [-0.3, -0.25) is 20.4 Å². The maximum atomic E-state index is 12.3. The molecule has 0 radical (unpaired) electrons. The molecule has 0 saturated carbocycles. The Hall–Kier alpha value is -3.02. The molecule has 6 heteroatoms. The number of hydrogen-bond donors (Lipinski definition) is 2. The van der Waals surface area contributed by atoms with Crippen LogP contribution >= 0.6 is 0 Å². The molecular formula is C16H16N2O4. The predicted molar refractivity (Wildman–Crippen MR) is 80.9 cm³/mol. The van der Waals surface area contributed by atoms with Crippen LogP contribution in [-0.4, -0.2) is 26.0 Å². The van der Waals surface area contributed by atoms with Gasteiger partial charge in [0.25, 0.3) is 11.8 Å². The summed E-state index contributed by atoms with van der Waals surface area (Å²) in [6.07, 6.45) is 0. The molecule has 0 aliphatic heterocycles. The molecule has 2 N–H and O–H groups in total. The second kappa shape index (κ2) is 7.12. The van der Waals surface area contributed by atoms with Gasteiger partial charge in [0.1, 0.15) is 17.1 Å². The van der Waals surface area contributed by atoms with E-state index in [1.54, 1.807) is 48.5 Å². The first kappa shape index (κ1) is 15.4. The van der Waals surface area contributed by atoms with Gasteiger partial charge in [0.15, 0.2) is 0 Å². The summed E-state index contributed by atoms with van der Waals surface area (Å²) < 4.78 is 10.3. The number of methoxy groups -OCH3 is 2. The molecule has 0 fully saturated rings. The molecule has 0 atom stereocenters. The van der Waals surface area contributed by atoms with Gasteiger partial charge in [0.05, 0.1) is 14.2 Å². The summed E-state index contributed by atoms with van der Waals surface area (Å²) in [4.78, 5) is 24.2. The van der Waals surface area contributed by atoms with Crippen LogP contribution in [0.25, 0.3) is 0 Å². The number of hydrogen-bond acceptors (Lipinski definition) is 4. The van der Waals surface area contributed by atoms with Crippen LogP contribution in [0.2, 0.25) is 0 Å². The molecule has 0 aromatic heterocycles. The number of hydrazine groups is 1. The van der Waals surface area contributed by atoms with Crippen molar-refractivity contribution < 1.29 is 19.1 Å². The van der Waals surface area contributed by atoms with Gasteiger partial charge in [-0.25, -0.2) is 0 Å². The van der Waals surface area contributed by atoms with Crippen LogP contribution in [0, 0.1) is 0 Å². The first-order valence-electron chi connectivity index (χ1n) is 6.54. The SMILES string of the molecule is COc1cccc(OC)c1C(=O)NNC(=O)c1ccccc1. The molecule has 0 spiro atoms. The summed E-state index contributed by atoms with van der Waals surface area (Å²) >= 11 is 0. The van der Waals surface area contributed by atoms with E-state index in [1.165, 1.54) is 14.2 Å². The van der Waals surface area contributed by atoms with Gasteiger partial charge in [-0.05, 0) is 24.3 Å². The van der Waals surface area contributed by atoms with E-state index in [0.29, 0.717) is 17.1 Å². The Kier molecular flexibility index (Phi) is 4.98. The standard InChI is InChI=1S/C16H16N2O4/c1-21-12-9-6-10-13(22-2)14(12)16(20)18-17-15(19)11-7-4-3-5-8-11/h3-10H,1-2H3,(H,17,19)(H,18,20). The molecule has 6 nitrogen and oxygen atoms in total. The Labute approximate surface area is 128 Å². The molecular weight excluding hydrogens is 284 g/mol. The van der Waals surface area contributed by atoms with Gasteiger partial charge < -0.3 is 9.47 Å². The highest BCUT2D eigenvalue weighted by Crippen LogP contribution is 2.27. The number of rotatable bonds is 4. The van der Waals surface area contributed by atoms with E-state index in [-0.39, 0.29) is 5.56 Å². The molecule has 0 bridgehead atoms. The highest BCUT2D eigenvalue weighted by molar-refractivity contribution is 6.02. The summed E-state index contributed by atoms with van der Waals surface area (Å²) in [6.45, 7) is 0. The van der Waals surface area contributed by atoms with Crippen LogP contribution < -0.4 is 20.3 Å². The average Bonchev–Trinajstić information content (AvgIpc) is 2.59. The summed E-state index contributed by atoms with van der Waals surface area (Å²) in [6, 6.07) is 13.5. The van der Waals surface area contributed by atoms with Crippen molar-refractivity contribution >= 4 is 11.8 Å². The van der Waals surface area contributed by atoms with Crippen LogP contribution in [0.3, 0.4) is 0 Å². The minimum atomic E-state index is -0.529. The Balaban J connectivity index is 2.12. The fourth-order valence-corrected chi connectivity index (χ4v) is 1.91. The number of amides is 2. The van der Waals surface area contributed by atoms with E-state index >= 15 is 0 Å². The highest BCUT2D eigenvalue weighted by atomic mass is 16.5. The first-order valence-corrected chi connectivity index (χ1v) is 6.54. The third-order valence-corrected chi connectivity index (χ3v) is 2.98. The smallest absolute Gasteiger partial charge is 0.277 e. The van der Waals surface area contributed by atoms with Crippen molar-refractivity contribution in [3.05, 3.63) is 59.7 Å². The van der Waals surface area contributed by atoms with Gasteiger partial charge in [-0.15, -0.1) is 0 Å². The summed E-state index contributed by atoms with van der Waals surface area (Å²) in [5.74, 6) is -0.238. The van der Waals surface area contributed by atoms with E-state index in [9.17, 15) is 9.59 Å². The topological polar surface area (TPSA) is 76.7 Å². The van der Waals surface area contributed by atoms with Gasteiger partial charge in [0.2, 0.25) is 0 Å². The summed E-state index contributed by atoms with van der Waals surface area (Å²) in [5.41, 5.74) is 5.35. The molecule has 0 aliphatic carbocycles. The van der Waals surface area contributed by atoms with E-state index in [4.69, 9.17) is 9.47 Å². The number of benzene rings is 2. The minimum Gasteiger partial charge on any atom is -0.496 e. The minimum absolute atomic E-state index is 0.209. The number of carbonyl (C=O) groups excluding carboxylic acids is 2. The Morgan fingerprint density at radius 3 is 1.86 bits per heavy atom. The van der Waals surface area contributed by atoms with E-state index < -0.39 is 11.8 Å². The van der Waals surface area contributed by atoms with Gasteiger partial charge in [-0.1, -0.05) is 24.3 Å². The van der Waals surface area contributed by atoms with Crippen molar-refractivity contribution in [2.75, 3.05) is 14.2 Å². The van der Waals surface area contributed by atoms with Gasteiger partial charge in [0, 0.05) is 5.56 Å². The van der Waals surface area contributed by atoms with Crippen LogP contribution in [0.1, 0.15) is 20.7 Å². The molecule has 2 rings (SSSR count). The van der Waals surface area contributed by atoms with Crippen LogP contribution in [0.4, 0.5) is 0 Å². The molecule has 114 valence electrons. The third kappa shape index (κ3) is 3.35. The molecule has 0 unspecified atom stereocenters. The third-order valence-electron chi connectivity index (χ3n) is 2.98. The molecule has 0 saturated heterocycles. The lowest BCUT2D eigenvalue weighted by Crippen LogP contribution is -2.41. The van der Waals surface area contributed by atoms with Gasteiger partial charge >= 0.3 is 0 Å². The van der Waals surface area contributed by atoms with Crippen molar-refractivity contribution in [1.82, 2.24) is 10.9 Å². The monoisotopic (exact) mass is 300 g/mol. The molecule has 0 heterocycles. The lowest BCUT2D eigenvalue weighted by Gasteiger charge is -2.13. The van der Waals surface area contributed by atoms with Crippen molar-refractivity contribution in [2.24, 2.45) is 0 Å². The van der Waals surface area contributed by atoms with Crippen molar-refractivity contribution in [2.45, 2.75) is 0 Å². The van der Waals surface area contributed by atoms with Crippen LogP contribution in [-0.2, 0) is 0 Å². The fourth-order valence-electron chi connectivity index (χ4n) is 1.91. The summed E-state index contributed by atoms with van der Waals surface area (Å²) in [7, 11) is 2.90. The van der Waals surface area contributed by atoms with E-state index in [1.807, 2.05) is 0 Å². The maximum Gasteiger partial charge on any atom is 0.277 e. The molecule has 0 aliphatic rings. The van der Waals surface area contributed by atoms with Crippen molar-refractivity contribution in [3.63, 3.8) is 0 Å².